The molecule has 2 amide bonds. The van der Waals surface area contributed by atoms with Crippen LogP contribution in [0.4, 0.5) is 10.5 Å². The van der Waals surface area contributed by atoms with Gasteiger partial charge in [-0.25, -0.2) is 4.79 Å². The second kappa shape index (κ2) is 9.25. The maximum Gasteiger partial charge on any atom is 0.319 e. The standard InChI is InChI=1S/C21H27N3O2/c1-17(24-14-6-3-7-15-24)16-22-21(25)23-18-10-12-20(13-11-18)26-19-8-4-2-5-9-19/h2,4-5,8-13,17H,3,6-7,14-16H2,1H3,(H2,22,23,25)/t17-/m0/s1. The first-order valence-corrected chi connectivity index (χ1v) is 9.32. The van der Waals surface area contributed by atoms with Crippen molar-refractivity contribution in [1.29, 1.82) is 0 Å². The number of amides is 2. The molecule has 0 aliphatic carbocycles. The van der Waals surface area contributed by atoms with E-state index in [1.54, 1.807) is 0 Å². The molecule has 2 N–H and O–H groups in total. The summed E-state index contributed by atoms with van der Waals surface area (Å²) in [6.07, 6.45) is 3.84. The zero-order valence-electron chi connectivity index (χ0n) is 15.3. The number of ether oxygens (including phenoxy) is 1. The van der Waals surface area contributed by atoms with Crippen molar-refractivity contribution in [2.75, 3.05) is 25.0 Å². The Morgan fingerprint density at radius 1 is 1.00 bits per heavy atom. The third kappa shape index (κ3) is 5.49. The Kier molecular flexibility index (Phi) is 6.50. The monoisotopic (exact) mass is 353 g/mol. The Morgan fingerprint density at radius 3 is 2.35 bits per heavy atom. The second-order valence-corrected chi connectivity index (χ2v) is 6.72. The molecule has 0 bridgehead atoms. The molecule has 1 atom stereocenters. The van der Waals surface area contributed by atoms with Gasteiger partial charge in [0, 0.05) is 18.3 Å². The van der Waals surface area contributed by atoms with Crippen LogP contribution in [0.25, 0.3) is 0 Å². The van der Waals surface area contributed by atoms with Crippen molar-refractivity contribution in [2.45, 2.75) is 32.2 Å². The number of carbonyl (C=O) groups is 1. The maximum atomic E-state index is 12.1. The lowest BCUT2D eigenvalue weighted by Crippen LogP contribution is -2.45. The molecular formula is C21H27N3O2. The van der Waals surface area contributed by atoms with Gasteiger partial charge in [0.05, 0.1) is 0 Å². The molecule has 0 aromatic heterocycles. The van der Waals surface area contributed by atoms with Crippen molar-refractivity contribution in [3.8, 4) is 11.5 Å². The van der Waals surface area contributed by atoms with Gasteiger partial charge in [-0.3, -0.25) is 4.90 Å². The third-order valence-corrected chi connectivity index (χ3v) is 4.66. The minimum Gasteiger partial charge on any atom is -0.457 e. The molecule has 2 aromatic carbocycles. The third-order valence-electron chi connectivity index (χ3n) is 4.66. The second-order valence-electron chi connectivity index (χ2n) is 6.72. The molecular weight excluding hydrogens is 326 g/mol. The largest absolute Gasteiger partial charge is 0.457 e. The first-order valence-electron chi connectivity index (χ1n) is 9.32. The van der Waals surface area contributed by atoms with Crippen LogP contribution in [0.3, 0.4) is 0 Å². The summed E-state index contributed by atoms with van der Waals surface area (Å²) < 4.78 is 5.75. The van der Waals surface area contributed by atoms with Gasteiger partial charge >= 0.3 is 6.03 Å². The van der Waals surface area contributed by atoms with E-state index in [1.165, 1.54) is 19.3 Å². The van der Waals surface area contributed by atoms with E-state index >= 15 is 0 Å². The van der Waals surface area contributed by atoms with Gasteiger partial charge in [-0.15, -0.1) is 0 Å². The SMILES string of the molecule is C[C@@H](CNC(=O)Nc1ccc(Oc2ccccc2)cc1)N1CCCCC1. The topological polar surface area (TPSA) is 53.6 Å². The van der Waals surface area contributed by atoms with Crippen molar-refractivity contribution in [3.05, 3.63) is 54.6 Å². The average Bonchev–Trinajstić information content (AvgIpc) is 2.69. The maximum absolute atomic E-state index is 12.1. The number of anilines is 1. The number of nitrogens with zero attached hydrogens (tertiary/aromatic N) is 1. The molecule has 0 radical (unpaired) electrons. The lowest BCUT2D eigenvalue weighted by atomic mass is 10.1. The molecule has 5 nitrogen and oxygen atoms in total. The lowest BCUT2D eigenvalue weighted by Gasteiger charge is -2.32. The number of likely N-dealkylation sites (tertiary alicyclic amines) is 1. The summed E-state index contributed by atoms with van der Waals surface area (Å²) in [6, 6.07) is 17.2. The Balaban J connectivity index is 1.43. The van der Waals surface area contributed by atoms with E-state index in [4.69, 9.17) is 4.74 Å². The van der Waals surface area contributed by atoms with E-state index in [2.05, 4.69) is 22.5 Å². The highest BCUT2D eigenvalue weighted by atomic mass is 16.5. The first-order chi connectivity index (χ1) is 12.7. The normalized spacial score (nSPS) is 15.9. The molecule has 0 spiro atoms. The van der Waals surface area contributed by atoms with Crippen LogP contribution < -0.4 is 15.4 Å². The van der Waals surface area contributed by atoms with Gasteiger partial charge in [0.1, 0.15) is 11.5 Å². The summed E-state index contributed by atoms with van der Waals surface area (Å²) in [5.74, 6) is 1.53. The summed E-state index contributed by atoms with van der Waals surface area (Å²) in [7, 11) is 0. The molecule has 26 heavy (non-hydrogen) atoms. The summed E-state index contributed by atoms with van der Waals surface area (Å²) in [4.78, 5) is 14.5. The summed E-state index contributed by atoms with van der Waals surface area (Å²) in [6.45, 7) is 5.09. The van der Waals surface area contributed by atoms with E-state index in [0.717, 1.165) is 30.3 Å². The van der Waals surface area contributed by atoms with Crippen LogP contribution in [0.2, 0.25) is 0 Å². The van der Waals surface area contributed by atoms with Crippen LogP contribution in [-0.4, -0.2) is 36.6 Å². The summed E-state index contributed by atoms with van der Waals surface area (Å²) in [5.41, 5.74) is 0.744. The first kappa shape index (κ1) is 18.3. The quantitative estimate of drug-likeness (QED) is 0.805. The molecule has 0 saturated carbocycles. The molecule has 1 aliphatic heterocycles. The van der Waals surface area contributed by atoms with Gasteiger partial charge in [-0.05, 0) is 69.3 Å². The number of hydrogen-bond donors (Lipinski definition) is 2. The Labute approximate surface area is 155 Å². The van der Waals surface area contributed by atoms with Crippen LogP contribution in [0.1, 0.15) is 26.2 Å². The van der Waals surface area contributed by atoms with Crippen LogP contribution in [0.5, 0.6) is 11.5 Å². The van der Waals surface area contributed by atoms with E-state index in [9.17, 15) is 4.79 Å². The highest BCUT2D eigenvalue weighted by Gasteiger charge is 2.17. The minimum absolute atomic E-state index is 0.175. The summed E-state index contributed by atoms with van der Waals surface area (Å²) >= 11 is 0. The number of urea groups is 1. The van der Waals surface area contributed by atoms with Crippen molar-refractivity contribution < 1.29 is 9.53 Å². The van der Waals surface area contributed by atoms with Gasteiger partial charge in [0.15, 0.2) is 0 Å². The van der Waals surface area contributed by atoms with Gasteiger partial charge in [0.25, 0.3) is 0 Å². The van der Waals surface area contributed by atoms with Gasteiger partial charge < -0.3 is 15.4 Å². The number of nitrogens with one attached hydrogen (secondary N) is 2. The Hall–Kier alpha value is -2.53. The summed E-state index contributed by atoms with van der Waals surface area (Å²) in [5, 5.41) is 5.83. The average molecular weight is 353 g/mol. The zero-order chi connectivity index (χ0) is 18.2. The molecule has 1 aliphatic rings. The van der Waals surface area contributed by atoms with Crippen LogP contribution in [0, 0.1) is 0 Å². The molecule has 5 heteroatoms. The minimum atomic E-state index is -0.175. The fraction of sp³-hybridized carbons (Fsp3) is 0.381. The highest BCUT2D eigenvalue weighted by molar-refractivity contribution is 5.89. The fourth-order valence-corrected chi connectivity index (χ4v) is 3.13. The molecule has 138 valence electrons. The van der Waals surface area contributed by atoms with E-state index in [-0.39, 0.29) is 6.03 Å². The van der Waals surface area contributed by atoms with E-state index in [0.29, 0.717) is 12.6 Å². The number of piperidine rings is 1. The van der Waals surface area contributed by atoms with Crippen LogP contribution >= 0.6 is 0 Å². The molecule has 1 heterocycles. The number of para-hydroxylation sites is 1. The van der Waals surface area contributed by atoms with Crippen molar-refractivity contribution in [2.24, 2.45) is 0 Å². The molecule has 2 aromatic rings. The Morgan fingerprint density at radius 2 is 1.65 bits per heavy atom. The van der Waals surface area contributed by atoms with E-state index in [1.807, 2.05) is 54.6 Å². The predicted octanol–water partition coefficient (Wildman–Crippen LogP) is 4.47. The van der Waals surface area contributed by atoms with Crippen molar-refractivity contribution in [1.82, 2.24) is 10.2 Å². The molecule has 1 saturated heterocycles. The molecule has 1 fully saturated rings. The van der Waals surface area contributed by atoms with Crippen molar-refractivity contribution >= 4 is 11.7 Å². The number of rotatable bonds is 6. The fourth-order valence-electron chi connectivity index (χ4n) is 3.13. The van der Waals surface area contributed by atoms with Gasteiger partial charge in [-0.2, -0.15) is 0 Å². The van der Waals surface area contributed by atoms with E-state index < -0.39 is 0 Å². The molecule has 0 unspecified atom stereocenters. The number of hydrogen-bond acceptors (Lipinski definition) is 3. The molecule has 3 rings (SSSR count). The van der Waals surface area contributed by atoms with Gasteiger partial charge in [-0.1, -0.05) is 24.6 Å². The Bertz CT molecular complexity index is 682. The predicted molar refractivity (Wildman–Crippen MR) is 105 cm³/mol. The number of carbonyl (C=O) groups excluding carboxylic acids is 1. The number of benzene rings is 2. The van der Waals surface area contributed by atoms with Crippen LogP contribution in [-0.2, 0) is 0 Å². The lowest BCUT2D eigenvalue weighted by molar-refractivity contribution is 0.171. The zero-order valence-corrected chi connectivity index (χ0v) is 15.3. The highest BCUT2D eigenvalue weighted by Crippen LogP contribution is 2.22. The smallest absolute Gasteiger partial charge is 0.319 e. The van der Waals surface area contributed by atoms with Crippen LogP contribution in [0.15, 0.2) is 54.6 Å². The van der Waals surface area contributed by atoms with Crippen molar-refractivity contribution in [3.63, 3.8) is 0 Å². The van der Waals surface area contributed by atoms with Gasteiger partial charge in [0.2, 0.25) is 0 Å².